The predicted octanol–water partition coefficient (Wildman–Crippen LogP) is 1.86. The van der Waals surface area contributed by atoms with E-state index < -0.39 is 0 Å². The molecule has 0 aliphatic carbocycles. The van der Waals surface area contributed by atoms with Gasteiger partial charge in [0.1, 0.15) is 0 Å². The number of hydrogen-bond acceptors (Lipinski definition) is 2. The molecule has 1 aromatic carbocycles. The summed E-state index contributed by atoms with van der Waals surface area (Å²) < 4.78 is 4.99. The standard InChI is InChI=1S/C14H18N2O2/c1-10(9-18-2)16-14(17)7-11-8-15-13-6-4-3-5-12(11)13/h3-6,8,10,15H,7,9H2,1-2H3,(H,16,17)/t10-/m0/s1. The molecule has 0 unspecified atom stereocenters. The SMILES string of the molecule is COC[C@H](C)NC(=O)Cc1c[nH]c2ccccc12. The molecular formula is C14H18N2O2. The lowest BCUT2D eigenvalue weighted by Crippen LogP contribution is -2.36. The third kappa shape index (κ3) is 2.90. The number of aromatic nitrogens is 1. The normalized spacial score (nSPS) is 12.6. The number of hydrogen-bond donors (Lipinski definition) is 2. The molecule has 2 aromatic rings. The van der Waals surface area contributed by atoms with Gasteiger partial charge in [0.25, 0.3) is 0 Å². The monoisotopic (exact) mass is 246 g/mol. The zero-order valence-corrected chi connectivity index (χ0v) is 10.7. The van der Waals surface area contributed by atoms with E-state index in [1.165, 1.54) is 0 Å². The number of para-hydroxylation sites is 1. The lowest BCUT2D eigenvalue weighted by atomic mass is 10.1. The molecule has 0 fully saturated rings. The molecule has 1 heterocycles. The van der Waals surface area contributed by atoms with Crippen molar-refractivity contribution in [1.82, 2.24) is 10.3 Å². The van der Waals surface area contributed by atoms with Crippen LogP contribution in [-0.4, -0.2) is 30.6 Å². The summed E-state index contributed by atoms with van der Waals surface area (Å²) in [5.41, 5.74) is 2.08. The molecule has 0 saturated carbocycles. The van der Waals surface area contributed by atoms with Gasteiger partial charge in [-0.05, 0) is 18.6 Å². The summed E-state index contributed by atoms with van der Waals surface area (Å²) in [6.45, 7) is 2.45. The highest BCUT2D eigenvalue weighted by atomic mass is 16.5. The zero-order valence-electron chi connectivity index (χ0n) is 10.7. The second-order valence-electron chi connectivity index (χ2n) is 4.46. The minimum absolute atomic E-state index is 0.0179. The minimum Gasteiger partial charge on any atom is -0.383 e. The Morgan fingerprint density at radius 1 is 1.44 bits per heavy atom. The smallest absolute Gasteiger partial charge is 0.224 e. The van der Waals surface area contributed by atoms with Crippen LogP contribution in [0.3, 0.4) is 0 Å². The third-order valence-corrected chi connectivity index (χ3v) is 2.85. The maximum Gasteiger partial charge on any atom is 0.224 e. The Morgan fingerprint density at radius 2 is 2.22 bits per heavy atom. The van der Waals surface area contributed by atoms with Crippen LogP contribution in [0.5, 0.6) is 0 Å². The van der Waals surface area contributed by atoms with E-state index in [0.717, 1.165) is 16.5 Å². The van der Waals surface area contributed by atoms with E-state index in [2.05, 4.69) is 10.3 Å². The van der Waals surface area contributed by atoms with Crippen LogP contribution in [0.2, 0.25) is 0 Å². The Morgan fingerprint density at radius 3 is 3.00 bits per heavy atom. The maximum atomic E-state index is 11.9. The molecule has 0 saturated heterocycles. The number of fused-ring (bicyclic) bond motifs is 1. The summed E-state index contributed by atoms with van der Waals surface area (Å²) in [6, 6.07) is 8.01. The Hall–Kier alpha value is -1.81. The van der Waals surface area contributed by atoms with E-state index in [-0.39, 0.29) is 11.9 Å². The van der Waals surface area contributed by atoms with Crippen molar-refractivity contribution in [1.29, 1.82) is 0 Å². The van der Waals surface area contributed by atoms with Crippen LogP contribution in [0, 0.1) is 0 Å². The second kappa shape index (κ2) is 5.69. The van der Waals surface area contributed by atoms with Gasteiger partial charge in [-0.15, -0.1) is 0 Å². The molecule has 2 N–H and O–H groups in total. The molecular weight excluding hydrogens is 228 g/mol. The Labute approximate surface area is 106 Å². The fourth-order valence-corrected chi connectivity index (χ4v) is 2.07. The topological polar surface area (TPSA) is 54.1 Å². The van der Waals surface area contributed by atoms with E-state index >= 15 is 0 Å². The number of ether oxygens (including phenoxy) is 1. The second-order valence-corrected chi connectivity index (χ2v) is 4.46. The van der Waals surface area contributed by atoms with E-state index in [1.807, 2.05) is 37.4 Å². The maximum absolute atomic E-state index is 11.9. The number of carbonyl (C=O) groups excluding carboxylic acids is 1. The van der Waals surface area contributed by atoms with Crippen molar-refractivity contribution in [2.45, 2.75) is 19.4 Å². The van der Waals surface area contributed by atoms with Crippen molar-refractivity contribution in [2.75, 3.05) is 13.7 Å². The first-order valence-electron chi connectivity index (χ1n) is 6.04. The summed E-state index contributed by atoms with van der Waals surface area (Å²) >= 11 is 0. The molecule has 4 heteroatoms. The molecule has 2 rings (SSSR count). The number of nitrogens with one attached hydrogen (secondary N) is 2. The summed E-state index contributed by atoms with van der Waals surface area (Å²) in [5.74, 6) is 0.0179. The molecule has 96 valence electrons. The van der Waals surface area contributed by atoms with Crippen molar-refractivity contribution in [3.63, 3.8) is 0 Å². The summed E-state index contributed by atoms with van der Waals surface area (Å²) in [7, 11) is 1.63. The number of rotatable bonds is 5. The Bertz CT molecular complexity index is 533. The number of carbonyl (C=O) groups is 1. The van der Waals surface area contributed by atoms with Crippen molar-refractivity contribution in [3.05, 3.63) is 36.0 Å². The van der Waals surface area contributed by atoms with Gasteiger partial charge in [-0.1, -0.05) is 18.2 Å². The van der Waals surface area contributed by atoms with Crippen molar-refractivity contribution in [3.8, 4) is 0 Å². The molecule has 0 aliphatic heterocycles. The van der Waals surface area contributed by atoms with Crippen LogP contribution in [0.1, 0.15) is 12.5 Å². The molecule has 0 aliphatic rings. The van der Waals surface area contributed by atoms with Crippen LogP contribution in [0.25, 0.3) is 10.9 Å². The highest BCUT2D eigenvalue weighted by Gasteiger charge is 2.10. The summed E-state index contributed by atoms with van der Waals surface area (Å²) in [5, 5.41) is 4.01. The van der Waals surface area contributed by atoms with Crippen molar-refractivity contribution < 1.29 is 9.53 Å². The highest BCUT2D eigenvalue weighted by molar-refractivity contribution is 5.88. The third-order valence-electron chi connectivity index (χ3n) is 2.85. The van der Waals surface area contributed by atoms with Gasteiger partial charge in [-0.25, -0.2) is 0 Å². The number of H-pyrrole nitrogens is 1. The first-order chi connectivity index (χ1) is 8.70. The lowest BCUT2D eigenvalue weighted by molar-refractivity contribution is -0.121. The molecule has 0 bridgehead atoms. The van der Waals surface area contributed by atoms with E-state index in [4.69, 9.17) is 4.74 Å². The fraction of sp³-hybridized carbons (Fsp3) is 0.357. The van der Waals surface area contributed by atoms with E-state index in [9.17, 15) is 4.79 Å². The Balaban J connectivity index is 2.03. The van der Waals surface area contributed by atoms with Crippen LogP contribution >= 0.6 is 0 Å². The minimum atomic E-state index is 0.0179. The molecule has 1 atom stereocenters. The molecule has 0 radical (unpaired) electrons. The van der Waals surface area contributed by atoms with Crippen molar-refractivity contribution >= 4 is 16.8 Å². The first-order valence-corrected chi connectivity index (χ1v) is 6.04. The number of methoxy groups -OCH3 is 1. The molecule has 0 spiro atoms. The van der Waals surface area contributed by atoms with Gasteiger partial charge in [0, 0.05) is 30.3 Å². The number of amides is 1. The zero-order chi connectivity index (χ0) is 13.0. The van der Waals surface area contributed by atoms with Crippen LogP contribution in [0.4, 0.5) is 0 Å². The van der Waals surface area contributed by atoms with Gasteiger partial charge < -0.3 is 15.0 Å². The summed E-state index contributed by atoms with van der Waals surface area (Å²) in [4.78, 5) is 15.0. The quantitative estimate of drug-likeness (QED) is 0.846. The molecule has 18 heavy (non-hydrogen) atoms. The van der Waals surface area contributed by atoms with Gasteiger partial charge in [-0.3, -0.25) is 4.79 Å². The molecule has 1 aromatic heterocycles. The predicted molar refractivity (Wildman–Crippen MR) is 71.5 cm³/mol. The summed E-state index contributed by atoms with van der Waals surface area (Å²) in [6.07, 6.45) is 2.28. The van der Waals surface area contributed by atoms with Crippen LogP contribution in [-0.2, 0) is 16.0 Å². The first kappa shape index (κ1) is 12.6. The van der Waals surface area contributed by atoms with Crippen LogP contribution < -0.4 is 5.32 Å². The number of benzene rings is 1. The van der Waals surface area contributed by atoms with E-state index in [1.54, 1.807) is 7.11 Å². The largest absolute Gasteiger partial charge is 0.383 e. The van der Waals surface area contributed by atoms with Gasteiger partial charge in [0.05, 0.1) is 13.0 Å². The average Bonchev–Trinajstić information content (AvgIpc) is 2.73. The average molecular weight is 246 g/mol. The molecule has 1 amide bonds. The lowest BCUT2D eigenvalue weighted by Gasteiger charge is -2.12. The molecule has 4 nitrogen and oxygen atoms in total. The van der Waals surface area contributed by atoms with Crippen LogP contribution in [0.15, 0.2) is 30.5 Å². The van der Waals surface area contributed by atoms with Gasteiger partial charge in [0.15, 0.2) is 0 Å². The van der Waals surface area contributed by atoms with E-state index in [0.29, 0.717) is 13.0 Å². The Kier molecular flexibility index (Phi) is 3.99. The number of aromatic amines is 1. The van der Waals surface area contributed by atoms with Gasteiger partial charge >= 0.3 is 0 Å². The highest BCUT2D eigenvalue weighted by Crippen LogP contribution is 2.17. The van der Waals surface area contributed by atoms with Gasteiger partial charge in [0.2, 0.25) is 5.91 Å². The van der Waals surface area contributed by atoms with Crippen molar-refractivity contribution in [2.24, 2.45) is 0 Å². The fourth-order valence-electron chi connectivity index (χ4n) is 2.07. The van der Waals surface area contributed by atoms with Gasteiger partial charge in [-0.2, -0.15) is 0 Å².